The summed E-state index contributed by atoms with van der Waals surface area (Å²) in [5.74, 6) is 0.588. The molecule has 1 unspecified atom stereocenters. The molecule has 0 aliphatic carbocycles. The van der Waals surface area contributed by atoms with Crippen molar-refractivity contribution in [2.75, 3.05) is 37.1 Å². The number of aromatic nitrogens is 2. The molecule has 1 saturated heterocycles. The van der Waals surface area contributed by atoms with Crippen LogP contribution < -0.4 is 10.2 Å². The maximum atomic E-state index is 12.0. The first-order valence-electron chi connectivity index (χ1n) is 7.47. The number of rotatable bonds is 5. The van der Waals surface area contributed by atoms with Crippen LogP contribution in [0.1, 0.15) is 38.4 Å². The molecule has 7 nitrogen and oxygen atoms in total. The molecule has 2 rings (SSSR count). The van der Waals surface area contributed by atoms with Gasteiger partial charge in [-0.2, -0.15) is 4.31 Å². The predicted molar refractivity (Wildman–Crippen MR) is 88.6 cm³/mol. The monoisotopic (exact) mass is 327 g/mol. The van der Waals surface area contributed by atoms with Crippen LogP contribution in [0.5, 0.6) is 0 Å². The Balaban J connectivity index is 2.48. The summed E-state index contributed by atoms with van der Waals surface area (Å²) in [6, 6.07) is -0.00130. The van der Waals surface area contributed by atoms with Gasteiger partial charge in [0.15, 0.2) is 0 Å². The molecule has 0 aromatic carbocycles. The lowest BCUT2D eigenvalue weighted by atomic mass is 10.1. The maximum Gasteiger partial charge on any atom is 0.225 e. The Bertz CT molecular complexity index is 630. The lowest BCUT2D eigenvalue weighted by molar-refractivity contribution is 0.394. The Hall–Kier alpha value is -1.41. The van der Waals surface area contributed by atoms with Crippen LogP contribution in [-0.2, 0) is 10.0 Å². The second-order valence-electron chi connectivity index (χ2n) is 6.19. The molecule has 0 radical (unpaired) electrons. The van der Waals surface area contributed by atoms with Crippen molar-refractivity contribution in [3.05, 3.63) is 11.9 Å². The van der Waals surface area contributed by atoms with Crippen LogP contribution in [0.15, 0.2) is 6.20 Å². The van der Waals surface area contributed by atoms with Crippen LogP contribution in [-0.4, -0.2) is 55.6 Å². The van der Waals surface area contributed by atoms with E-state index in [0.29, 0.717) is 12.5 Å². The molecule has 1 fully saturated rings. The zero-order chi connectivity index (χ0) is 16.5. The van der Waals surface area contributed by atoms with Gasteiger partial charge in [-0.25, -0.2) is 18.4 Å². The van der Waals surface area contributed by atoms with Gasteiger partial charge in [0.1, 0.15) is 0 Å². The molecule has 1 aliphatic rings. The predicted octanol–water partition coefficient (Wildman–Crippen LogP) is 1.46. The lowest BCUT2D eigenvalue weighted by Gasteiger charge is -2.25. The van der Waals surface area contributed by atoms with Gasteiger partial charge in [-0.15, -0.1) is 0 Å². The fourth-order valence-corrected chi connectivity index (χ4v) is 3.82. The number of anilines is 2. The van der Waals surface area contributed by atoms with E-state index in [2.05, 4.69) is 15.3 Å². The van der Waals surface area contributed by atoms with Gasteiger partial charge in [-0.1, -0.05) is 0 Å². The second kappa shape index (κ2) is 6.37. The molecule has 124 valence electrons. The molecule has 0 bridgehead atoms. The molecule has 22 heavy (non-hydrogen) atoms. The molecule has 1 aliphatic heterocycles. The number of hydrogen-bond donors (Lipinski definition) is 1. The Morgan fingerprint density at radius 3 is 2.64 bits per heavy atom. The summed E-state index contributed by atoms with van der Waals surface area (Å²) in [5, 5.41) is 3.32. The normalized spacial score (nSPS) is 19.6. The van der Waals surface area contributed by atoms with Crippen molar-refractivity contribution in [1.82, 2.24) is 14.3 Å². The van der Waals surface area contributed by atoms with Gasteiger partial charge in [0.05, 0.1) is 29.9 Å². The van der Waals surface area contributed by atoms with E-state index in [0.717, 1.165) is 24.2 Å². The second-order valence-corrected chi connectivity index (χ2v) is 8.13. The smallest absolute Gasteiger partial charge is 0.225 e. The maximum absolute atomic E-state index is 12.0. The largest absolute Gasteiger partial charge is 0.380 e. The quantitative estimate of drug-likeness (QED) is 0.882. The fourth-order valence-electron chi connectivity index (χ4n) is 2.69. The summed E-state index contributed by atoms with van der Waals surface area (Å²) >= 11 is 0. The highest BCUT2D eigenvalue weighted by Gasteiger charge is 2.35. The van der Waals surface area contributed by atoms with E-state index in [1.165, 1.54) is 6.26 Å². The van der Waals surface area contributed by atoms with Crippen molar-refractivity contribution in [2.45, 2.75) is 38.8 Å². The van der Waals surface area contributed by atoms with E-state index in [1.54, 1.807) is 10.5 Å². The SMILES string of the molecule is CC(C)Nc1cnc(N(C)C)nc1C1CCCN1S(C)(=O)=O. The van der Waals surface area contributed by atoms with Gasteiger partial charge < -0.3 is 10.2 Å². The molecule has 0 saturated carbocycles. The summed E-state index contributed by atoms with van der Waals surface area (Å²) in [4.78, 5) is 10.8. The molecular weight excluding hydrogens is 302 g/mol. The molecule has 1 N–H and O–H groups in total. The third-order valence-corrected chi connectivity index (χ3v) is 4.88. The van der Waals surface area contributed by atoms with Gasteiger partial charge in [-0.3, -0.25) is 0 Å². The van der Waals surface area contributed by atoms with Crippen LogP contribution in [0.4, 0.5) is 11.6 Å². The first-order chi connectivity index (χ1) is 10.2. The zero-order valence-electron chi connectivity index (χ0n) is 13.9. The Labute approximate surface area is 132 Å². The van der Waals surface area contributed by atoms with Crippen LogP contribution in [0.3, 0.4) is 0 Å². The molecule has 8 heteroatoms. The van der Waals surface area contributed by atoms with Gasteiger partial charge in [0.25, 0.3) is 0 Å². The van der Waals surface area contributed by atoms with Crippen molar-refractivity contribution < 1.29 is 8.42 Å². The van der Waals surface area contributed by atoms with E-state index in [4.69, 9.17) is 0 Å². The molecule has 2 heterocycles. The lowest BCUT2D eigenvalue weighted by Crippen LogP contribution is -2.31. The molecule has 1 aromatic heterocycles. The zero-order valence-corrected chi connectivity index (χ0v) is 14.7. The highest BCUT2D eigenvalue weighted by molar-refractivity contribution is 7.88. The minimum Gasteiger partial charge on any atom is -0.380 e. The van der Waals surface area contributed by atoms with Crippen LogP contribution >= 0.6 is 0 Å². The van der Waals surface area contributed by atoms with Crippen LogP contribution in [0.25, 0.3) is 0 Å². The van der Waals surface area contributed by atoms with Gasteiger partial charge in [-0.05, 0) is 26.7 Å². The first-order valence-corrected chi connectivity index (χ1v) is 9.32. The van der Waals surface area contributed by atoms with Crippen LogP contribution in [0.2, 0.25) is 0 Å². The average molecular weight is 327 g/mol. The van der Waals surface area contributed by atoms with Gasteiger partial charge in [0, 0.05) is 26.7 Å². The third-order valence-electron chi connectivity index (χ3n) is 3.60. The van der Waals surface area contributed by atoms with Gasteiger partial charge >= 0.3 is 0 Å². The van der Waals surface area contributed by atoms with Crippen molar-refractivity contribution in [2.24, 2.45) is 0 Å². The minimum absolute atomic E-state index is 0.223. The number of hydrogen-bond acceptors (Lipinski definition) is 6. The third kappa shape index (κ3) is 3.67. The van der Waals surface area contributed by atoms with Crippen molar-refractivity contribution >= 4 is 21.7 Å². The molecule has 1 atom stereocenters. The number of sulfonamides is 1. The molecular formula is C14H25N5O2S. The topological polar surface area (TPSA) is 78.4 Å². The van der Waals surface area contributed by atoms with E-state index in [9.17, 15) is 8.42 Å². The van der Waals surface area contributed by atoms with E-state index < -0.39 is 10.0 Å². The van der Waals surface area contributed by atoms with E-state index >= 15 is 0 Å². The summed E-state index contributed by atoms with van der Waals surface area (Å²) in [6.07, 6.45) is 4.63. The molecule has 0 spiro atoms. The molecule has 0 amide bonds. The summed E-state index contributed by atoms with van der Waals surface area (Å²) in [5.41, 5.74) is 1.57. The van der Waals surface area contributed by atoms with Crippen molar-refractivity contribution in [3.63, 3.8) is 0 Å². The van der Waals surface area contributed by atoms with Crippen molar-refractivity contribution in [3.8, 4) is 0 Å². The highest BCUT2D eigenvalue weighted by Crippen LogP contribution is 2.36. The molecule has 1 aromatic rings. The highest BCUT2D eigenvalue weighted by atomic mass is 32.2. The Morgan fingerprint density at radius 2 is 2.09 bits per heavy atom. The van der Waals surface area contributed by atoms with Crippen molar-refractivity contribution in [1.29, 1.82) is 0 Å². The Kier molecular flexibility index (Phi) is 4.91. The van der Waals surface area contributed by atoms with Crippen LogP contribution in [0, 0.1) is 0 Å². The number of nitrogens with zero attached hydrogens (tertiary/aromatic N) is 4. The summed E-state index contributed by atoms with van der Waals surface area (Å²) < 4.78 is 25.6. The van der Waals surface area contributed by atoms with E-state index in [-0.39, 0.29) is 12.1 Å². The van der Waals surface area contributed by atoms with Gasteiger partial charge in [0.2, 0.25) is 16.0 Å². The van der Waals surface area contributed by atoms with E-state index in [1.807, 2.05) is 32.8 Å². The average Bonchev–Trinajstić information content (AvgIpc) is 2.87. The standard InChI is InChI=1S/C14H25N5O2S/c1-10(2)16-11-9-15-14(18(3)4)17-13(11)12-7-6-8-19(12)22(5,20)21/h9-10,12,16H,6-8H2,1-5H3. The minimum atomic E-state index is -3.25. The first kappa shape index (κ1) is 17.0. The fraction of sp³-hybridized carbons (Fsp3) is 0.714. The number of nitrogens with one attached hydrogen (secondary N) is 1. The summed E-state index contributed by atoms with van der Waals surface area (Å²) in [7, 11) is 0.499. The Morgan fingerprint density at radius 1 is 1.41 bits per heavy atom. The summed E-state index contributed by atoms with van der Waals surface area (Å²) in [6.45, 7) is 4.62.